The molecule has 2 aromatic rings. The third kappa shape index (κ3) is 3.09. The second-order valence-corrected chi connectivity index (χ2v) is 6.50. The van der Waals surface area contributed by atoms with Crippen molar-refractivity contribution < 1.29 is 0 Å². The predicted molar refractivity (Wildman–Crippen MR) is 85.0 cm³/mol. The summed E-state index contributed by atoms with van der Waals surface area (Å²) < 4.78 is 1.17. The van der Waals surface area contributed by atoms with Gasteiger partial charge in [0.05, 0.1) is 18.4 Å². The molecule has 1 N–H and O–H groups in total. The average molecular weight is 338 g/mol. The highest BCUT2D eigenvalue weighted by molar-refractivity contribution is 9.10. The van der Waals surface area contributed by atoms with E-state index in [4.69, 9.17) is 0 Å². The Labute approximate surface area is 125 Å². The first-order chi connectivity index (χ1) is 9.33. The summed E-state index contributed by atoms with van der Waals surface area (Å²) in [7, 11) is 0. The van der Waals surface area contributed by atoms with Crippen LogP contribution in [0.1, 0.15) is 17.7 Å². The van der Waals surface area contributed by atoms with E-state index in [9.17, 15) is 0 Å². The fourth-order valence-electron chi connectivity index (χ4n) is 2.26. The van der Waals surface area contributed by atoms with Crippen molar-refractivity contribution in [2.45, 2.75) is 19.4 Å². The number of hydrogen-bond donors (Lipinski definition) is 1. The number of nitrogens with zero attached hydrogens (tertiary/aromatic N) is 2. The maximum absolute atomic E-state index is 4.54. The summed E-state index contributed by atoms with van der Waals surface area (Å²) in [5.41, 5.74) is 1.07. The lowest BCUT2D eigenvalue weighted by atomic mass is 10.3. The molecule has 1 aliphatic rings. The lowest BCUT2D eigenvalue weighted by Crippen LogP contribution is -2.18. The average Bonchev–Trinajstić information content (AvgIpc) is 3.09. The molecule has 0 aromatic carbocycles. The zero-order chi connectivity index (χ0) is 13.1. The summed E-state index contributed by atoms with van der Waals surface area (Å²) in [5, 5.41) is 5.50. The number of rotatable bonds is 4. The van der Waals surface area contributed by atoms with Gasteiger partial charge >= 0.3 is 0 Å². The Balaban J connectivity index is 1.61. The molecular formula is C14H16BrN3S. The van der Waals surface area contributed by atoms with Gasteiger partial charge in [0.1, 0.15) is 5.82 Å². The van der Waals surface area contributed by atoms with Crippen LogP contribution in [0.2, 0.25) is 0 Å². The first-order valence-electron chi connectivity index (χ1n) is 6.50. The van der Waals surface area contributed by atoms with Crippen molar-refractivity contribution >= 4 is 38.8 Å². The van der Waals surface area contributed by atoms with E-state index in [0.717, 1.165) is 31.1 Å². The minimum absolute atomic E-state index is 0.836. The molecule has 1 fully saturated rings. The van der Waals surface area contributed by atoms with Gasteiger partial charge in [-0.2, -0.15) is 0 Å². The second-order valence-electron chi connectivity index (χ2n) is 4.64. The third-order valence-corrected chi connectivity index (χ3v) is 5.25. The molecule has 0 radical (unpaired) electrons. The minimum Gasteiger partial charge on any atom is -0.379 e. The van der Waals surface area contributed by atoms with Crippen molar-refractivity contribution in [2.75, 3.05) is 23.3 Å². The lowest BCUT2D eigenvalue weighted by Gasteiger charge is -2.16. The maximum atomic E-state index is 4.54. The van der Waals surface area contributed by atoms with Gasteiger partial charge in [-0.25, -0.2) is 4.98 Å². The molecule has 3 nitrogen and oxygen atoms in total. The van der Waals surface area contributed by atoms with Gasteiger partial charge in [0, 0.05) is 22.4 Å². The van der Waals surface area contributed by atoms with Gasteiger partial charge in [0.2, 0.25) is 0 Å². The van der Waals surface area contributed by atoms with E-state index in [1.165, 1.54) is 22.2 Å². The Morgan fingerprint density at radius 1 is 1.26 bits per heavy atom. The zero-order valence-electron chi connectivity index (χ0n) is 10.6. The summed E-state index contributed by atoms with van der Waals surface area (Å²) in [6.07, 6.45) is 4.50. The van der Waals surface area contributed by atoms with E-state index in [0.29, 0.717) is 0 Å². The van der Waals surface area contributed by atoms with Gasteiger partial charge in [-0.1, -0.05) is 0 Å². The van der Waals surface area contributed by atoms with Crippen LogP contribution in [0, 0.1) is 0 Å². The highest BCUT2D eigenvalue weighted by atomic mass is 79.9. The first kappa shape index (κ1) is 12.9. The van der Waals surface area contributed by atoms with Crippen molar-refractivity contribution in [1.29, 1.82) is 0 Å². The Kier molecular flexibility index (Phi) is 4.03. The fraction of sp³-hybridized carbons (Fsp3) is 0.357. The predicted octanol–water partition coefficient (Wildman–Crippen LogP) is 4.12. The number of anilines is 2. The Morgan fingerprint density at radius 3 is 2.74 bits per heavy atom. The van der Waals surface area contributed by atoms with E-state index in [1.54, 1.807) is 11.3 Å². The van der Waals surface area contributed by atoms with Crippen molar-refractivity contribution in [3.8, 4) is 0 Å². The molecule has 5 heteroatoms. The molecule has 0 unspecified atom stereocenters. The van der Waals surface area contributed by atoms with Crippen LogP contribution in [0.5, 0.6) is 0 Å². The second kappa shape index (κ2) is 5.92. The molecular weight excluding hydrogens is 322 g/mol. The first-order valence-corrected chi connectivity index (χ1v) is 8.17. The smallest absolute Gasteiger partial charge is 0.128 e. The molecule has 1 aliphatic heterocycles. The number of aromatic nitrogens is 1. The Hall–Kier alpha value is -1.07. The van der Waals surface area contributed by atoms with E-state index in [1.807, 2.05) is 6.20 Å². The third-order valence-electron chi connectivity index (χ3n) is 3.32. The number of halogens is 1. The lowest BCUT2D eigenvalue weighted by molar-refractivity contribution is 0.937. The standard InChI is InChI=1S/C14H16BrN3S/c15-12-5-8-19-13(12)10-16-11-3-4-14(17-9-11)18-6-1-2-7-18/h3-5,8-9,16H,1-2,6-7,10H2. The molecule has 0 spiro atoms. The summed E-state index contributed by atoms with van der Waals surface area (Å²) in [6, 6.07) is 6.30. The summed E-state index contributed by atoms with van der Waals surface area (Å²) in [4.78, 5) is 8.19. The number of pyridine rings is 1. The quantitative estimate of drug-likeness (QED) is 0.909. The normalized spacial score (nSPS) is 14.9. The molecule has 3 rings (SSSR count). The molecule has 2 aromatic heterocycles. The van der Waals surface area contributed by atoms with Crippen molar-refractivity contribution in [3.63, 3.8) is 0 Å². The van der Waals surface area contributed by atoms with Crippen molar-refractivity contribution in [2.24, 2.45) is 0 Å². The van der Waals surface area contributed by atoms with Gasteiger partial charge in [-0.15, -0.1) is 11.3 Å². The molecule has 0 bridgehead atoms. The van der Waals surface area contributed by atoms with Gasteiger partial charge in [0.15, 0.2) is 0 Å². The van der Waals surface area contributed by atoms with E-state index in [-0.39, 0.29) is 0 Å². The van der Waals surface area contributed by atoms with Crippen LogP contribution >= 0.6 is 27.3 Å². The molecule has 1 saturated heterocycles. The number of hydrogen-bond acceptors (Lipinski definition) is 4. The Bertz CT molecular complexity index is 532. The fourth-order valence-corrected chi connectivity index (χ4v) is 3.69. The molecule has 0 aliphatic carbocycles. The molecule has 3 heterocycles. The number of nitrogens with one attached hydrogen (secondary N) is 1. The van der Waals surface area contributed by atoms with Crippen LogP contribution in [0.3, 0.4) is 0 Å². The van der Waals surface area contributed by atoms with Crippen LogP contribution in [-0.4, -0.2) is 18.1 Å². The van der Waals surface area contributed by atoms with Crippen LogP contribution in [0.15, 0.2) is 34.2 Å². The monoisotopic (exact) mass is 337 g/mol. The molecule has 100 valence electrons. The largest absolute Gasteiger partial charge is 0.379 e. The number of thiophene rings is 1. The van der Waals surface area contributed by atoms with Gasteiger partial charge in [-0.05, 0) is 52.4 Å². The van der Waals surface area contributed by atoms with Crippen LogP contribution in [-0.2, 0) is 6.54 Å². The topological polar surface area (TPSA) is 28.2 Å². The molecule has 0 amide bonds. The van der Waals surface area contributed by atoms with E-state index in [2.05, 4.69) is 54.7 Å². The van der Waals surface area contributed by atoms with Crippen molar-refractivity contribution in [3.05, 3.63) is 39.1 Å². The van der Waals surface area contributed by atoms with E-state index >= 15 is 0 Å². The van der Waals surface area contributed by atoms with Crippen LogP contribution < -0.4 is 10.2 Å². The van der Waals surface area contributed by atoms with E-state index < -0.39 is 0 Å². The van der Waals surface area contributed by atoms with Gasteiger partial charge in [-0.3, -0.25) is 0 Å². The highest BCUT2D eigenvalue weighted by Gasteiger charge is 2.12. The maximum Gasteiger partial charge on any atom is 0.128 e. The van der Waals surface area contributed by atoms with Gasteiger partial charge < -0.3 is 10.2 Å². The molecule has 0 saturated carbocycles. The van der Waals surface area contributed by atoms with Crippen molar-refractivity contribution in [1.82, 2.24) is 4.98 Å². The highest BCUT2D eigenvalue weighted by Crippen LogP contribution is 2.24. The molecule has 19 heavy (non-hydrogen) atoms. The SMILES string of the molecule is Brc1ccsc1CNc1ccc(N2CCCC2)nc1. The molecule has 0 atom stereocenters. The van der Waals surface area contributed by atoms with Crippen LogP contribution in [0.25, 0.3) is 0 Å². The summed E-state index contributed by atoms with van der Waals surface area (Å²) >= 11 is 5.30. The van der Waals surface area contributed by atoms with Gasteiger partial charge in [0.25, 0.3) is 0 Å². The zero-order valence-corrected chi connectivity index (χ0v) is 13.0. The Morgan fingerprint density at radius 2 is 2.11 bits per heavy atom. The summed E-state index contributed by atoms with van der Waals surface area (Å²) in [6.45, 7) is 3.12. The summed E-state index contributed by atoms with van der Waals surface area (Å²) in [5.74, 6) is 1.10. The van der Waals surface area contributed by atoms with Crippen LogP contribution in [0.4, 0.5) is 11.5 Å². The minimum atomic E-state index is 0.836.